The normalized spacial score (nSPS) is 28.1. The van der Waals surface area contributed by atoms with Gasteiger partial charge < -0.3 is 10.2 Å². The minimum Gasteiger partial charge on any atom is -0.317 e. The van der Waals surface area contributed by atoms with Crippen molar-refractivity contribution in [1.82, 2.24) is 10.2 Å². The molecule has 2 nitrogen and oxygen atoms in total. The molecule has 17 heavy (non-hydrogen) atoms. The third-order valence-electron chi connectivity index (χ3n) is 4.46. The molecule has 1 atom stereocenters. The summed E-state index contributed by atoms with van der Waals surface area (Å²) in [6.07, 6.45) is 5.67. The van der Waals surface area contributed by atoms with Crippen molar-refractivity contribution in [3.8, 4) is 0 Å². The summed E-state index contributed by atoms with van der Waals surface area (Å²) >= 11 is 0. The van der Waals surface area contributed by atoms with Crippen LogP contribution in [0.1, 0.15) is 39.5 Å². The van der Waals surface area contributed by atoms with Crippen molar-refractivity contribution in [2.75, 3.05) is 32.7 Å². The molecule has 2 saturated heterocycles. The quantitative estimate of drug-likeness (QED) is 0.840. The van der Waals surface area contributed by atoms with E-state index in [4.69, 9.17) is 0 Å². The molecule has 0 aromatic carbocycles. The summed E-state index contributed by atoms with van der Waals surface area (Å²) in [4.78, 5) is 2.74. The Labute approximate surface area is 113 Å². The standard InChI is InChI=1S/C14H28N2.ClH/c1-12(2)14-4-3-9-16(11-14)10-13-5-7-15-8-6-13;/h12-15H,3-11H2,1-2H3;1H. The van der Waals surface area contributed by atoms with Gasteiger partial charge >= 0.3 is 0 Å². The molecule has 2 aliphatic rings. The van der Waals surface area contributed by atoms with Crippen LogP contribution in [0.4, 0.5) is 0 Å². The van der Waals surface area contributed by atoms with Crippen LogP contribution in [0.3, 0.4) is 0 Å². The molecule has 3 heteroatoms. The molecule has 0 aromatic heterocycles. The van der Waals surface area contributed by atoms with Crippen LogP contribution in [-0.4, -0.2) is 37.6 Å². The Morgan fingerprint density at radius 1 is 1.18 bits per heavy atom. The second-order valence-electron chi connectivity index (χ2n) is 6.10. The summed E-state index contributed by atoms with van der Waals surface area (Å²) in [7, 11) is 0. The van der Waals surface area contributed by atoms with E-state index in [2.05, 4.69) is 24.1 Å². The molecule has 2 fully saturated rings. The van der Waals surface area contributed by atoms with Gasteiger partial charge in [0.15, 0.2) is 0 Å². The molecule has 0 saturated carbocycles. The van der Waals surface area contributed by atoms with Crippen LogP contribution in [0, 0.1) is 17.8 Å². The summed E-state index contributed by atoms with van der Waals surface area (Å²) in [5.74, 6) is 2.79. The monoisotopic (exact) mass is 260 g/mol. The van der Waals surface area contributed by atoms with E-state index in [1.165, 1.54) is 58.4 Å². The summed E-state index contributed by atoms with van der Waals surface area (Å²) in [6.45, 7) is 11.3. The van der Waals surface area contributed by atoms with Crippen LogP contribution >= 0.6 is 12.4 Å². The highest BCUT2D eigenvalue weighted by atomic mass is 35.5. The highest BCUT2D eigenvalue weighted by molar-refractivity contribution is 5.85. The minimum atomic E-state index is 0. The fraction of sp³-hybridized carbons (Fsp3) is 1.00. The first-order valence-corrected chi connectivity index (χ1v) is 7.19. The van der Waals surface area contributed by atoms with Crippen molar-refractivity contribution in [3.63, 3.8) is 0 Å². The summed E-state index contributed by atoms with van der Waals surface area (Å²) in [6, 6.07) is 0. The first kappa shape index (κ1) is 15.3. The zero-order valence-electron chi connectivity index (χ0n) is 11.5. The highest BCUT2D eigenvalue weighted by Crippen LogP contribution is 2.25. The topological polar surface area (TPSA) is 15.3 Å². The van der Waals surface area contributed by atoms with Crippen molar-refractivity contribution in [2.45, 2.75) is 39.5 Å². The van der Waals surface area contributed by atoms with Crippen LogP contribution in [0.2, 0.25) is 0 Å². The van der Waals surface area contributed by atoms with E-state index in [1.807, 2.05) is 0 Å². The number of nitrogens with zero attached hydrogens (tertiary/aromatic N) is 1. The third-order valence-corrected chi connectivity index (χ3v) is 4.46. The van der Waals surface area contributed by atoms with Crippen molar-refractivity contribution in [1.29, 1.82) is 0 Å². The van der Waals surface area contributed by atoms with Gasteiger partial charge in [-0.1, -0.05) is 13.8 Å². The molecule has 2 heterocycles. The first-order chi connectivity index (χ1) is 7.75. The Morgan fingerprint density at radius 3 is 2.53 bits per heavy atom. The van der Waals surface area contributed by atoms with E-state index < -0.39 is 0 Å². The van der Waals surface area contributed by atoms with Gasteiger partial charge in [-0.25, -0.2) is 0 Å². The van der Waals surface area contributed by atoms with Crippen molar-refractivity contribution < 1.29 is 0 Å². The molecular weight excluding hydrogens is 232 g/mol. The number of rotatable bonds is 3. The molecule has 0 radical (unpaired) electrons. The lowest BCUT2D eigenvalue weighted by molar-refractivity contribution is 0.119. The van der Waals surface area contributed by atoms with Gasteiger partial charge in [-0.2, -0.15) is 0 Å². The Bertz CT molecular complexity index is 202. The molecule has 2 rings (SSSR count). The summed E-state index contributed by atoms with van der Waals surface area (Å²) in [5.41, 5.74) is 0. The Hall–Kier alpha value is 0.210. The molecule has 0 bridgehead atoms. The fourth-order valence-corrected chi connectivity index (χ4v) is 3.23. The van der Waals surface area contributed by atoms with E-state index in [0.29, 0.717) is 0 Å². The van der Waals surface area contributed by atoms with E-state index in [-0.39, 0.29) is 12.4 Å². The Morgan fingerprint density at radius 2 is 1.88 bits per heavy atom. The van der Waals surface area contributed by atoms with E-state index in [1.54, 1.807) is 0 Å². The van der Waals surface area contributed by atoms with Gasteiger partial charge in [-0.05, 0) is 63.1 Å². The van der Waals surface area contributed by atoms with Gasteiger partial charge in [0.1, 0.15) is 0 Å². The SMILES string of the molecule is CC(C)C1CCCN(CC2CCNCC2)C1.Cl. The molecule has 0 aromatic rings. The maximum atomic E-state index is 3.46. The summed E-state index contributed by atoms with van der Waals surface area (Å²) < 4.78 is 0. The number of hydrogen-bond donors (Lipinski definition) is 1. The average Bonchev–Trinajstić information content (AvgIpc) is 2.30. The number of likely N-dealkylation sites (tertiary alicyclic amines) is 1. The lowest BCUT2D eigenvalue weighted by Gasteiger charge is -2.37. The molecule has 102 valence electrons. The van der Waals surface area contributed by atoms with Gasteiger partial charge in [0, 0.05) is 13.1 Å². The lowest BCUT2D eigenvalue weighted by Crippen LogP contribution is -2.42. The van der Waals surface area contributed by atoms with Crippen molar-refractivity contribution in [2.24, 2.45) is 17.8 Å². The number of piperidine rings is 2. The largest absolute Gasteiger partial charge is 0.317 e. The second kappa shape index (κ2) is 7.60. The number of hydrogen-bond acceptors (Lipinski definition) is 2. The van der Waals surface area contributed by atoms with E-state index >= 15 is 0 Å². The van der Waals surface area contributed by atoms with Crippen LogP contribution < -0.4 is 5.32 Å². The zero-order valence-corrected chi connectivity index (χ0v) is 12.3. The Balaban J connectivity index is 0.00000144. The molecular formula is C14H29ClN2. The van der Waals surface area contributed by atoms with E-state index in [9.17, 15) is 0 Å². The van der Waals surface area contributed by atoms with E-state index in [0.717, 1.165) is 17.8 Å². The van der Waals surface area contributed by atoms with Gasteiger partial charge in [0.05, 0.1) is 0 Å². The third kappa shape index (κ3) is 4.76. The predicted molar refractivity (Wildman–Crippen MR) is 76.8 cm³/mol. The van der Waals surface area contributed by atoms with Crippen LogP contribution in [0.5, 0.6) is 0 Å². The molecule has 1 N–H and O–H groups in total. The minimum absolute atomic E-state index is 0. The van der Waals surface area contributed by atoms with Gasteiger partial charge in [-0.3, -0.25) is 0 Å². The van der Waals surface area contributed by atoms with Gasteiger partial charge in [0.2, 0.25) is 0 Å². The number of nitrogens with one attached hydrogen (secondary N) is 1. The fourth-order valence-electron chi connectivity index (χ4n) is 3.23. The average molecular weight is 261 g/mol. The van der Waals surface area contributed by atoms with Crippen LogP contribution in [-0.2, 0) is 0 Å². The van der Waals surface area contributed by atoms with Crippen LogP contribution in [0.25, 0.3) is 0 Å². The first-order valence-electron chi connectivity index (χ1n) is 7.19. The zero-order chi connectivity index (χ0) is 11.4. The van der Waals surface area contributed by atoms with Crippen molar-refractivity contribution >= 4 is 12.4 Å². The molecule has 0 amide bonds. The number of halogens is 1. The van der Waals surface area contributed by atoms with Gasteiger partial charge in [-0.15, -0.1) is 12.4 Å². The maximum Gasteiger partial charge on any atom is 0.00122 e. The maximum absolute atomic E-state index is 3.46. The van der Waals surface area contributed by atoms with Crippen molar-refractivity contribution in [3.05, 3.63) is 0 Å². The molecule has 1 unspecified atom stereocenters. The smallest absolute Gasteiger partial charge is 0.00122 e. The molecule has 0 aliphatic carbocycles. The second-order valence-corrected chi connectivity index (χ2v) is 6.10. The van der Waals surface area contributed by atoms with Gasteiger partial charge in [0.25, 0.3) is 0 Å². The molecule has 2 aliphatic heterocycles. The highest BCUT2D eigenvalue weighted by Gasteiger charge is 2.24. The van der Waals surface area contributed by atoms with Crippen LogP contribution in [0.15, 0.2) is 0 Å². The predicted octanol–water partition coefficient (Wildman–Crippen LogP) is 2.78. The Kier molecular flexibility index (Phi) is 6.83. The molecule has 0 spiro atoms. The lowest BCUT2D eigenvalue weighted by atomic mass is 9.87. The summed E-state index contributed by atoms with van der Waals surface area (Å²) in [5, 5.41) is 3.46.